The second-order valence-corrected chi connectivity index (χ2v) is 12.3. The van der Waals surface area contributed by atoms with Crippen molar-refractivity contribution in [1.29, 1.82) is 0 Å². The second kappa shape index (κ2) is 14.5. The maximum atomic E-state index is 13.4. The van der Waals surface area contributed by atoms with Crippen LogP contribution in [-0.4, -0.2) is 69.4 Å². The number of para-hydroxylation sites is 1. The molecule has 4 aromatic heterocycles. The van der Waals surface area contributed by atoms with E-state index in [0.717, 1.165) is 13.0 Å². The number of nitrogens with zero attached hydrogens (tertiary/aromatic N) is 4. The molecule has 0 unspecified atom stereocenters. The summed E-state index contributed by atoms with van der Waals surface area (Å²) in [5.74, 6) is -1.81. The van der Waals surface area contributed by atoms with Crippen LogP contribution >= 0.6 is 0 Å². The Labute approximate surface area is 282 Å². The van der Waals surface area contributed by atoms with E-state index in [1.54, 1.807) is 78.2 Å². The Morgan fingerprint density at radius 2 is 1.31 bits per heavy atom. The number of anilines is 3. The Morgan fingerprint density at radius 3 is 1.94 bits per heavy atom. The molecular formula is C35H40N8O6. The van der Waals surface area contributed by atoms with E-state index < -0.39 is 23.3 Å². The molecule has 4 N–H and O–H groups in total. The Hall–Kier alpha value is -5.89. The first-order valence-electron chi connectivity index (χ1n) is 15.7. The molecule has 0 bridgehead atoms. The van der Waals surface area contributed by atoms with Crippen molar-refractivity contribution in [3.63, 3.8) is 0 Å². The maximum Gasteiger partial charge on any atom is 0.349 e. The summed E-state index contributed by atoms with van der Waals surface area (Å²) in [7, 11) is 7.32. The van der Waals surface area contributed by atoms with Gasteiger partial charge in [0.05, 0.1) is 17.1 Å². The molecule has 0 aliphatic rings. The van der Waals surface area contributed by atoms with Crippen LogP contribution in [0.15, 0.2) is 76.3 Å². The number of hydrogen-bond donors (Lipinski definition) is 4. The van der Waals surface area contributed by atoms with Gasteiger partial charge in [-0.2, -0.15) is 0 Å². The fourth-order valence-corrected chi connectivity index (χ4v) is 5.37. The van der Waals surface area contributed by atoms with E-state index in [1.165, 1.54) is 16.7 Å². The van der Waals surface area contributed by atoms with Crippen molar-refractivity contribution in [3.8, 4) is 0 Å². The van der Waals surface area contributed by atoms with Crippen LogP contribution in [0.2, 0.25) is 0 Å². The quantitative estimate of drug-likeness (QED) is 0.114. The van der Waals surface area contributed by atoms with Gasteiger partial charge in [0.15, 0.2) is 0 Å². The fraction of sp³-hybridized carbons (Fsp3) is 0.286. The summed E-state index contributed by atoms with van der Waals surface area (Å²) in [5, 5.41) is 11.8. The van der Waals surface area contributed by atoms with Gasteiger partial charge in [0.2, 0.25) is 0 Å². The highest BCUT2D eigenvalue weighted by Gasteiger charge is 2.21. The van der Waals surface area contributed by atoms with Gasteiger partial charge in [0, 0.05) is 50.7 Å². The monoisotopic (exact) mass is 668 g/mol. The zero-order chi connectivity index (χ0) is 35.4. The number of carbonyl (C=O) groups is 4. The molecule has 4 amide bonds. The summed E-state index contributed by atoms with van der Waals surface area (Å²) in [6.45, 7) is 5.20. The predicted octanol–water partition coefficient (Wildman–Crippen LogP) is 4.29. The minimum Gasteiger partial charge on any atom is -0.422 e. The van der Waals surface area contributed by atoms with Gasteiger partial charge in [0.25, 0.3) is 23.6 Å². The average molecular weight is 669 g/mol. The van der Waals surface area contributed by atoms with Gasteiger partial charge < -0.3 is 44.3 Å². The highest BCUT2D eigenvalue weighted by Crippen LogP contribution is 2.23. The molecule has 14 heteroatoms. The van der Waals surface area contributed by atoms with E-state index >= 15 is 0 Å². The largest absolute Gasteiger partial charge is 0.422 e. The minimum absolute atomic E-state index is 0.115. The summed E-state index contributed by atoms with van der Waals surface area (Å²) in [4.78, 5) is 66.9. The topological polar surface area (TPSA) is 165 Å². The third-order valence-corrected chi connectivity index (χ3v) is 7.84. The number of nitrogens with one attached hydrogen (secondary N) is 4. The minimum atomic E-state index is -0.774. The van der Waals surface area contributed by atoms with E-state index in [2.05, 4.69) is 21.3 Å². The van der Waals surface area contributed by atoms with E-state index in [1.807, 2.05) is 32.8 Å². The first kappa shape index (κ1) is 34.4. The van der Waals surface area contributed by atoms with Crippen molar-refractivity contribution in [2.24, 2.45) is 14.1 Å². The molecular weight excluding hydrogens is 628 g/mol. The molecule has 0 atom stereocenters. The van der Waals surface area contributed by atoms with Gasteiger partial charge in [-0.15, -0.1) is 0 Å². The van der Waals surface area contributed by atoms with Gasteiger partial charge in [-0.1, -0.05) is 18.2 Å². The normalized spacial score (nSPS) is 11.3. The van der Waals surface area contributed by atoms with Crippen molar-refractivity contribution < 1.29 is 23.6 Å². The van der Waals surface area contributed by atoms with Crippen LogP contribution < -0.4 is 26.9 Å². The lowest BCUT2D eigenvalue weighted by atomic mass is 10.2. The zero-order valence-corrected chi connectivity index (χ0v) is 28.3. The first-order chi connectivity index (χ1) is 23.3. The third-order valence-electron chi connectivity index (χ3n) is 7.84. The number of amides is 4. The molecule has 1 aromatic carbocycles. The lowest BCUT2D eigenvalue weighted by Gasteiger charge is -2.12. The van der Waals surface area contributed by atoms with Crippen LogP contribution in [0.4, 0.5) is 17.1 Å². The lowest BCUT2D eigenvalue weighted by molar-refractivity contribution is 0.0942. The molecule has 5 rings (SSSR count). The van der Waals surface area contributed by atoms with Gasteiger partial charge in [-0.3, -0.25) is 19.2 Å². The van der Waals surface area contributed by atoms with Crippen LogP contribution in [0, 0.1) is 0 Å². The van der Waals surface area contributed by atoms with Crippen molar-refractivity contribution in [1.82, 2.24) is 23.9 Å². The van der Waals surface area contributed by atoms with Gasteiger partial charge in [-0.25, -0.2) is 4.79 Å². The number of hydrogen-bond acceptors (Lipinski definition) is 7. The molecule has 0 aliphatic heterocycles. The smallest absolute Gasteiger partial charge is 0.349 e. The summed E-state index contributed by atoms with van der Waals surface area (Å²) >= 11 is 0. The number of benzene rings is 1. The third kappa shape index (κ3) is 7.99. The van der Waals surface area contributed by atoms with E-state index in [4.69, 9.17) is 4.42 Å². The number of fused-ring (bicyclic) bond motifs is 1. The molecule has 5 aromatic rings. The van der Waals surface area contributed by atoms with Gasteiger partial charge in [0.1, 0.15) is 28.2 Å². The van der Waals surface area contributed by atoms with E-state index in [-0.39, 0.29) is 23.2 Å². The molecule has 4 heterocycles. The standard InChI is InChI=1S/C35H40N8O6/c1-21(2)43-20-25(17-29(43)34(47)38-24-15-27(41(5)19-24)32(45)36-12-9-13-40(3)4)39-33(46)28-16-23(18-42(28)6)37-31(44)26-14-22-10-7-8-11-30(22)49-35(26)48/h7-8,10-11,14-21H,9,12-13H2,1-6H3,(H,36,45)(H,37,44)(H,38,47)(H,39,46). The second-order valence-electron chi connectivity index (χ2n) is 12.3. The number of rotatable bonds is 12. The lowest BCUT2D eigenvalue weighted by Crippen LogP contribution is -2.28. The number of carbonyl (C=O) groups excluding carboxylic acids is 4. The Bertz CT molecular complexity index is 2100. The number of aromatic nitrogens is 3. The molecule has 256 valence electrons. The first-order valence-corrected chi connectivity index (χ1v) is 15.7. The Morgan fingerprint density at radius 1 is 0.755 bits per heavy atom. The molecule has 0 spiro atoms. The van der Waals surface area contributed by atoms with Gasteiger partial charge in [-0.05, 0) is 71.2 Å². The molecule has 0 radical (unpaired) electrons. The van der Waals surface area contributed by atoms with Crippen molar-refractivity contribution >= 4 is 51.7 Å². The van der Waals surface area contributed by atoms with Crippen LogP contribution in [0.1, 0.15) is 68.1 Å². The predicted molar refractivity (Wildman–Crippen MR) is 187 cm³/mol. The van der Waals surface area contributed by atoms with Crippen molar-refractivity contribution in [2.45, 2.75) is 26.3 Å². The summed E-state index contributed by atoms with van der Waals surface area (Å²) < 4.78 is 10.2. The van der Waals surface area contributed by atoms with E-state index in [0.29, 0.717) is 46.0 Å². The fourth-order valence-electron chi connectivity index (χ4n) is 5.37. The van der Waals surface area contributed by atoms with Crippen LogP contribution in [0.5, 0.6) is 0 Å². The number of aryl methyl sites for hydroxylation is 2. The molecule has 0 aliphatic carbocycles. The average Bonchev–Trinajstić information content (AvgIpc) is 3.74. The molecule has 49 heavy (non-hydrogen) atoms. The molecule has 14 nitrogen and oxygen atoms in total. The summed E-state index contributed by atoms with van der Waals surface area (Å²) in [6.07, 6.45) is 5.69. The molecule has 0 fully saturated rings. The maximum absolute atomic E-state index is 13.4. The van der Waals surface area contributed by atoms with Gasteiger partial charge >= 0.3 is 5.63 Å². The SMILES string of the molecule is CC(C)n1cc(NC(=O)c2cc(NC(=O)c3cc4ccccc4oc3=O)cn2C)cc1C(=O)Nc1cc(C(=O)NCCCN(C)C)n(C)c1. The Balaban J connectivity index is 1.26. The zero-order valence-electron chi connectivity index (χ0n) is 28.3. The summed E-state index contributed by atoms with van der Waals surface area (Å²) in [5.41, 5.74) is 1.50. The van der Waals surface area contributed by atoms with Crippen molar-refractivity contribution in [3.05, 3.63) is 100 Å². The molecule has 0 saturated heterocycles. The van der Waals surface area contributed by atoms with Crippen LogP contribution in [-0.2, 0) is 14.1 Å². The Kier molecular flexibility index (Phi) is 10.2. The highest BCUT2D eigenvalue weighted by molar-refractivity contribution is 6.09. The van der Waals surface area contributed by atoms with E-state index in [9.17, 15) is 24.0 Å². The van der Waals surface area contributed by atoms with Crippen molar-refractivity contribution in [2.75, 3.05) is 43.1 Å². The van der Waals surface area contributed by atoms with Crippen LogP contribution in [0.3, 0.4) is 0 Å². The van der Waals surface area contributed by atoms with Crippen LogP contribution in [0.25, 0.3) is 11.0 Å². The highest BCUT2D eigenvalue weighted by atomic mass is 16.4. The molecule has 0 saturated carbocycles. The summed E-state index contributed by atoms with van der Waals surface area (Å²) in [6, 6.07) is 12.9.